The molecule has 2 aromatic rings. The molecule has 0 saturated carbocycles. The molecule has 4 rings (SSSR count). The number of ketones is 1. The molecule has 1 saturated heterocycles. The monoisotopic (exact) mass is 418 g/mol. The number of hydrogen-bond acceptors (Lipinski definition) is 4. The van der Waals surface area contributed by atoms with E-state index in [1.54, 1.807) is 19.2 Å². The summed E-state index contributed by atoms with van der Waals surface area (Å²) in [6.45, 7) is 4.07. The maximum Gasteiger partial charge on any atom is 0.176 e. The van der Waals surface area contributed by atoms with E-state index in [9.17, 15) is 9.18 Å². The van der Waals surface area contributed by atoms with Gasteiger partial charge in [-0.05, 0) is 66.8 Å². The van der Waals surface area contributed by atoms with Gasteiger partial charge in [-0.3, -0.25) is 14.6 Å². The van der Waals surface area contributed by atoms with Gasteiger partial charge in [-0.2, -0.15) is 0 Å². The highest BCUT2D eigenvalue weighted by Crippen LogP contribution is 2.36. The van der Waals surface area contributed by atoms with Crippen LogP contribution in [0.1, 0.15) is 40.4 Å². The third kappa shape index (κ3) is 4.97. The van der Waals surface area contributed by atoms with Gasteiger partial charge in [-0.1, -0.05) is 6.07 Å². The number of carbonyl (C=O) groups excluding carboxylic acids is 1. The topological polar surface area (TPSA) is 32.8 Å². The summed E-state index contributed by atoms with van der Waals surface area (Å²) in [7, 11) is 1.72. The van der Waals surface area contributed by atoms with Crippen LogP contribution in [0, 0.1) is 5.82 Å². The number of hydrogen-bond donors (Lipinski definition) is 0. The minimum Gasteiger partial charge on any atom is -0.497 e. The van der Waals surface area contributed by atoms with Crippen molar-refractivity contribution < 1.29 is 13.9 Å². The summed E-state index contributed by atoms with van der Waals surface area (Å²) in [6.07, 6.45) is 3.53. The number of rotatable bonds is 5. The van der Waals surface area contributed by atoms with Crippen molar-refractivity contribution in [3.63, 3.8) is 0 Å². The summed E-state index contributed by atoms with van der Waals surface area (Å²) in [5.74, 6) is 0.671. The van der Waals surface area contributed by atoms with Gasteiger partial charge >= 0.3 is 0 Å². The lowest BCUT2D eigenvalue weighted by Crippen LogP contribution is -2.49. The van der Waals surface area contributed by atoms with Gasteiger partial charge in [-0.25, -0.2) is 4.39 Å². The number of carbonyl (C=O) groups is 1. The van der Waals surface area contributed by atoms with Gasteiger partial charge in [0.2, 0.25) is 0 Å². The van der Waals surface area contributed by atoms with Gasteiger partial charge in [0.1, 0.15) is 11.6 Å². The molecular formula is C23H28ClFN2O2. The van der Waals surface area contributed by atoms with E-state index in [1.165, 1.54) is 36.1 Å². The highest BCUT2D eigenvalue weighted by atomic mass is 35.5. The van der Waals surface area contributed by atoms with Crippen molar-refractivity contribution in [2.75, 3.05) is 39.8 Å². The zero-order chi connectivity index (χ0) is 19.5. The smallest absolute Gasteiger partial charge is 0.176 e. The first kappa shape index (κ1) is 21.8. The Bertz CT molecular complexity index is 835. The Morgan fingerprint density at radius 2 is 1.83 bits per heavy atom. The van der Waals surface area contributed by atoms with Crippen LogP contribution in [-0.4, -0.2) is 55.4 Å². The number of ether oxygens (including phenoxy) is 1. The zero-order valence-electron chi connectivity index (χ0n) is 16.8. The van der Waals surface area contributed by atoms with Crippen molar-refractivity contribution >= 4 is 18.2 Å². The fourth-order valence-electron chi connectivity index (χ4n) is 4.42. The molecule has 0 radical (unpaired) electrons. The number of halogens is 2. The molecule has 156 valence electrons. The van der Waals surface area contributed by atoms with Crippen molar-refractivity contribution in [2.45, 2.75) is 25.3 Å². The molecule has 2 aliphatic rings. The fraction of sp³-hybridized carbons (Fsp3) is 0.435. The van der Waals surface area contributed by atoms with Crippen molar-refractivity contribution in [1.29, 1.82) is 0 Å². The summed E-state index contributed by atoms with van der Waals surface area (Å²) in [5.41, 5.74) is 3.42. The molecular weight excluding hydrogens is 391 g/mol. The first-order chi connectivity index (χ1) is 13.6. The van der Waals surface area contributed by atoms with Gasteiger partial charge in [0.05, 0.1) is 13.7 Å². The van der Waals surface area contributed by atoms with Crippen LogP contribution in [-0.2, 0) is 6.42 Å². The number of nitrogens with zero attached hydrogens (tertiary/aromatic N) is 2. The quantitative estimate of drug-likeness (QED) is 0.683. The molecule has 4 nitrogen and oxygen atoms in total. The number of fused-ring (bicyclic) bond motifs is 1. The van der Waals surface area contributed by atoms with Crippen LogP contribution in [0.2, 0.25) is 0 Å². The van der Waals surface area contributed by atoms with Gasteiger partial charge in [0, 0.05) is 37.8 Å². The Hall–Kier alpha value is -1.95. The molecule has 0 spiro atoms. The Kier molecular flexibility index (Phi) is 7.28. The molecule has 0 N–H and O–H groups in total. The third-order valence-corrected chi connectivity index (χ3v) is 6.02. The van der Waals surface area contributed by atoms with Gasteiger partial charge in [-0.15, -0.1) is 12.4 Å². The van der Waals surface area contributed by atoms with Crippen molar-refractivity contribution in [3.8, 4) is 5.75 Å². The summed E-state index contributed by atoms with van der Waals surface area (Å²) in [6, 6.07) is 12.7. The van der Waals surface area contributed by atoms with Gasteiger partial charge < -0.3 is 4.74 Å². The standard InChI is InChI=1S/C23H27FN2O2.ClH/c1-28-20-10-7-17-3-2-4-22(21(17)15-20)26-13-11-25(12-14-26)16-23(27)18-5-8-19(24)9-6-18;/h5-10,15,22H,2-4,11-14,16H2,1H3;1H. The number of methoxy groups -OCH3 is 1. The maximum absolute atomic E-state index is 13.0. The molecule has 6 heteroatoms. The van der Waals surface area contributed by atoms with Crippen LogP contribution in [0.4, 0.5) is 4.39 Å². The van der Waals surface area contributed by atoms with E-state index < -0.39 is 0 Å². The second-order valence-electron chi connectivity index (χ2n) is 7.71. The summed E-state index contributed by atoms with van der Waals surface area (Å²) < 4.78 is 18.5. The van der Waals surface area contributed by atoms with E-state index in [2.05, 4.69) is 28.0 Å². The highest BCUT2D eigenvalue weighted by molar-refractivity contribution is 5.97. The SMILES string of the molecule is COc1ccc2c(c1)C(N1CCN(CC(=O)c3ccc(F)cc3)CC1)CCC2.Cl. The first-order valence-electron chi connectivity index (χ1n) is 10.1. The molecule has 1 unspecified atom stereocenters. The van der Waals surface area contributed by atoms with Crippen LogP contribution in [0.5, 0.6) is 5.75 Å². The largest absolute Gasteiger partial charge is 0.497 e. The van der Waals surface area contributed by atoms with E-state index in [1.807, 2.05) is 0 Å². The second-order valence-corrected chi connectivity index (χ2v) is 7.71. The van der Waals surface area contributed by atoms with Gasteiger partial charge in [0.15, 0.2) is 5.78 Å². The molecule has 0 bridgehead atoms. The lowest BCUT2D eigenvalue weighted by Gasteiger charge is -2.41. The van der Waals surface area contributed by atoms with E-state index >= 15 is 0 Å². The van der Waals surface area contributed by atoms with Crippen molar-refractivity contribution in [1.82, 2.24) is 9.80 Å². The molecule has 1 heterocycles. The van der Waals surface area contributed by atoms with Crippen LogP contribution in [0.25, 0.3) is 0 Å². The molecule has 1 atom stereocenters. The summed E-state index contributed by atoms with van der Waals surface area (Å²) in [4.78, 5) is 17.2. The predicted molar refractivity (Wildman–Crippen MR) is 115 cm³/mol. The van der Waals surface area contributed by atoms with Crippen LogP contribution in [0.15, 0.2) is 42.5 Å². The Morgan fingerprint density at radius 3 is 2.52 bits per heavy atom. The highest BCUT2D eigenvalue weighted by Gasteiger charge is 2.29. The van der Waals surface area contributed by atoms with E-state index in [-0.39, 0.29) is 24.0 Å². The average Bonchev–Trinajstić information content (AvgIpc) is 2.74. The molecule has 1 aliphatic carbocycles. The summed E-state index contributed by atoms with van der Waals surface area (Å²) >= 11 is 0. The van der Waals surface area contributed by atoms with Crippen LogP contribution >= 0.6 is 12.4 Å². The molecule has 0 amide bonds. The maximum atomic E-state index is 13.0. The van der Waals surface area contributed by atoms with Crippen molar-refractivity contribution in [3.05, 3.63) is 65.0 Å². The van der Waals surface area contributed by atoms with Gasteiger partial charge in [0.25, 0.3) is 0 Å². The van der Waals surface area contributed by atoms with Crippen molar-refractivity contribution in [2.24, 2.45) is 0 Å². The number of Topliss-reactive ketones (excluding diaryl/α,β-unsaturated/α-hetero) is 1. The van der Waals surface area contributed by atoms with Crippen LogP contribution in [0.3, 0.4) is 0 Å². The molecule has 0 aromatic heterocycles. The third-order valence-electron chi connectivity index (χ3n) is 6.02. The van der Waals surface area contributed by atoms with E-state index in [0.717, 1.165) is 38.3 Å². The second kappa shape index (κ2) is 9.70. The number of aryl methyl sites for hydroxylation is 1. The fourth-order valence-corrected chi connectivity index (χ4v) is 4.42. The summed E-state index contributed by atoms with van der Waals surface area (Å²) in [5, 5.41) is 0. The Morgan fingerprint density at radius 1 is 1.10 bits per heavy atom. The first-order valence-corrected chi connectivity index (χ1v) is 10.1. The zero-order valence-corrected chi connectivity index (χ0v) is 17.6. The lowest BCUT2D eigenvalue weighted by atomic mass is 9.86. The Balaban J connectivity index is 0.00000240. The van der Waals surface area contributed by atoms with Crippen LogP contribution < -0.4 is 4.74 Å². The van der Waals surface area contributed by atoms with E-state index in [0.29, 0.717) is 18.2 Å². The van der Waals surface area contributed by atoms with E-state index in [4.69, 9.17) is 4.74 Å². The number of piperazine rings is 1. The number of benzene rings is 2. The molecule has 2 aromatic carbocycles. The predicted octanol–water partition coefficient (Wildman–Crippen LogP) is 4.13. The minimum atomic E-state index is -0.311. The molecule has 29 heavy (non-hydrogen) atoms. The molecule has 1 fully saturated rings. The molecule has 1 aliphatic heterocycles. The average molecular weight is 419 g/mol. The minimum absolute atomic E-state index is 0. The lowest BCUT2D eigenvalue weighted by molar-refractivity contribution is 0.0735. The normalized spacial score (nSPS) is 19.9. The Labute approximate surface area is 178 Å².